The Labute approximate surface area is 149 Å². The summed E-state index contributed by atoms with van der Waals surface area (Å²) in [4.78, 5) is 18.9. The van der Waals surface area contributed by atoms with Crippen LogP contribution in [0.5, 0.6) is 0 Å². The minimum atomic E-state index is -0.0358. The number of nitrogens with zero attached hydrogens (tertiary/aromatic N) is 5. The van der Waals surface area contributed by atoms with Crippen LogP contribution in [0.25, 0.3) is 0 Å². The average Bonchev–Trinajstić information content (AvgIpc) is 2.70. The molecule has 6 nitrogen and oxygen atoms in total. The molecular formula is C19H25N5O. The highest BCUT2D eigenvalue weighted by Crippen LogP contribution is 2.17. The van der Waals surface area contributed by atoms with Gasteiger partial charge in [0.1, 0.15) is 0 Å². The molecule has 1 fully saturated rings. The Morgan fingerprint density at radius 3 is 2.20 bits per heavy atom. The fourth-order valence-electron chi connectivity index (χ4n) is 3.12. The van der Waals surface area contributed by atoms with Crippen molar-refractivity contribution in [1.29, 1.82) is 0 Å². The van der Waals surface area contributed by atoms with Gasteiger partial charge in [0.25, 0.3) is 5.91 Å². The molecule has 0 bridgehead atoms. The van der Waals surface area contributed by atoms with Crippen LogP contribution >= 0.6 is 0 Å². The van der Waals surface area contributed by atoms with Gasteiger partial charge < -0.3 is 14.7 Å². The minimum Gasteiger partial charge on any atom is -0.368 e. The third-order valence-corrected chi connectivity index (χ3v) is 4.65. The summed E-state index contributed by atoms with van der Waals surface area (Å²) in [6.07, 6.45) is 0. The van der Waals surface area contributed by atoms with E-state index in [-0.39, 0.29) is 5.91 Å². The Bertz CT molecular complexity index is 677. The lowest BCUT2D eigenvalue weighted by Gasteiger charge is -2.35. The highest BCUT2D eigenvalue weighted by atomic mass is 16.2. The van der Waals surface area contributed by atoms with Gasteiger partial charge in [-0.2, -0.15) is 0 Å². The molecule has 132 valence electrons. The van der Waals surface area contributed by atoms with Crippen molar-refractivity contribution in [1.82, 2.24) is 15.1 Å². The van der Waals surface area contributed by atoms with Crippen molar-refractivity contribution in [3.8, 4) is 0 Å². The molecule has 1 aromatic heterocycles. The molecule has 1 saturated heterocycles. The van der Waals surface area contributed by atoms with Crippen molar-refractivity contribution in [2.45, 2.75) is 13.8 Å². The molecule has 0 atom stereocenters. The molecule has 0 aliphatic carbocycles. The second-order valence-corrected chi connectivity index (χ2v) is 6.06. The predicted molar refractivity (Wildman–Crippen MR) is 100 cm³/mol. The summed E-state index contributed by atoms with van der Waals surface area (Å²) in [5, 5.41) is 8.37. The molecule has 6 heteroatoms. The van der Waals surface area contributed by atoms with Gasteiger partial charge in [0.15, 0.2) is 11.5 Å². The number of para-hydroxylation sites is 1. The number of rotatable bonds is 5. The Morgan fingerprint density at radius 1 is 0.960 bits per heavy atom. The minimum absolute atomic E-state index is 0.0358. The molecule has 1 aliphatic rings. The van der Waals surface area contributed by atoms with E-state index in [4.69, 9.17) is 0 Å². The van der Waals surface area contributed by atoms with Gasteiger partial charge in [-0.05, 0) is 38.1 Å². The smallest absolute Gasteiger partial charge is 0.274 e. The van der Waals surface area contributed by atoms with Gasteiger partial charge in [0.05, 0.1) is 0 Å². The van der Waals surface area contributed by atoms with Gasteiger partial charge >= 0.3 is 0 Å². The molecular weight excluding hydrogens is 314 g/mol. The molecule has 1 amide bonds. The monoisotopic (exact) mass is 339 g/mol. The maximum atomic E-state index is 12.7. The molecule has 2 aromatic rings. The van der Waals surface area contributed by atoms with Crippen LogP contribution in [-0.4, -0.2) is 60.3 Å². The fourth-order valence-corrected chi connectivity index (χ4v) is 3.12. The molecule has 1 aliphatic heterocycles. The fraction of sp³-hybridized carbons (Fsp3) is 0.421. The van der Waals surface area contributed by atoms with E-state index in [1.807, 2.05) is 29.2 Å². The van der Waals surface area contributed by atoms with Crippen LogP contribution in [0.1, 0.15) is 24.3 Å². The Morgan fingerprint density at radius 2 is 1.64 bits per heavy atom. The van der Waals surface area contributed by atoms with Gasteiger partial charge in [0, 0.05) is 45.0 Å². The van der Waals surface area contributed by atoms with E-state index in [0.29, 0.717) is 18.8 Å². The number of piperazine rings is 1. The molecule has 0 N–H and O–H groups in total. The molecule has 2 heterocycles. The predicted octanol–water partition coefficient (Wildman–Crippen LogP) is 2.29. The van der Waals surface area contributed by atoms with Crippen molar-refractivity contribution >= 4 is 17.4 Å². The van der Waals surface area contributed by atoms with Crippen LogP contribution in [0.15, 0.2) is 42.5 Å². The first kappa shape index (κ1) is 17.2. The van der Waals surface area contributed by atoms with Crippen molar-refractivity contribution in [3.05, 3.63) is 48.2 Å². The standard InChI is InChI=1S/C19H25N5O/c1-3-22(4-2)18-11-10-17(20-21-18)19(25)24-14-12-23(13-15-24)16-8-6-5-7-9-16/h5-11H,3-4,12-15H2,1-2H3. The molecule has 1 aromatic carbocycles. The zero-order valence-electron chi connectivity index (χ0n) is 14.9. The first-order valence-corrected chi connectivity index (χ1v) is 8.91. The highest BCUT2D eigenvalue weighted by Gasteiger charge is 2.23. The van der Waals surface area contributed by atoms with Gasteiger partial charge in [0.2, 0.25) is 0 Å². The summed E-state index contributed by atoms with van der Waals surface area (Å²) in [5.74, 6) is 0.779. The van der Waals surface area contributed by atoms with Crippen molar-refractivity contribution in [3.63, 3.8) is 0 Å². The van der Waals surface area contributed by atoms with E-state index in [1.54, 1.807) is 6.07 Å². The number of benzene rings is 1. The summed E-state index contributed by atoms with van der Waals surface area (Å²) in [7, 11) is 0. The Hall–Kier alpha value is -2.63. The number of carbonyl (C=O) groups is 1. The highest BCUT2D eigenvalue weighted by molar-refractivity contribution is 5.92. The first-order valence-electron chi connectivity index (χ1n) is 8.91. The van der Waals surface area contributed by atoms with Crippen LogP contribution in [-0.2, 0) is 0 Å². The Kier molecular flexibility index (Phi) is 5.48. The third kappa shape index (κ3) is 3.90. The summed E-state index contributed by atoms with van der Waals surface area (Å²) in [5.41, 5.74) is 1.63. The summed E-state index contributed by atoms with van der Waals surface area (Å²) in [6.45, 7) is 8.98. The largest absolute Gasteiger partial charge is 0.368 e. The van der Waals surface area contributed by atoms with Gasteiger partial charge in [-0.15, -0.1) is 10.2 Å². The van der Waals surface area contributed by atoms with Gasteiger partial charge in [-0.1, -0.05) is 18.2 Å². The van der Waals surface area contributed by atoms with Gasteiger partial charge in [-0.25, -0.2) is 0 Å². The maximum Gasteiger partial charge on any atom is 0.274 e. The van der Waals surface area contributed by atoms with E-state index in [9.17, 15) is 4.79 Å². The summed E-state index contributed by atoms with van der Waals surface area (Å²) < 4.78 is 0. The van der Waals surface area contributed by atoms with Crippen LogP contribution in [0.4, 0.5) is 11.5 Å². The number of anilines is 2. The van der Waals surface area contributed by atoms with Crippen LogP contribution in [0.3, 0.4) is 0 Å². The van der Waals surface area contributed by atoms with E-state index in [1.165, 1.54) is 5.69 Å². The second kappa shape index (κ2) is 7.96. The van der Waals surface area contributed by atoms with Crippen molar-refractivity contribution in [2.24, 2.45) is 0 Å². The molecule has 0 radical (unpaired) electrons. The molecule has 0 saturated carbocycles. The van der Waals surface area contributed by atoms with Crippen molar-refractivity contribution < 1.29 is 4.79 Å². The number of hydrogen-bond donors (Lipinski definition) is 0. The average molecular weight is 339 g/mol. The number of carbonyl (C=O) groups excluding carboxylic acids is 1. The quantitative estimate of drug-likeness (QED) is 0.836. The maximum absolute atomic E-state index is 12.7. The number of aromatic nitrogens is 2. The summed E-state index contributed by atoms with van der Waals surface area (Å²) >= 11 is 0. The first-order chi connectivity index (χ1) is 12.2. The lowest BCUT2D eigenvalue weighted by atomic mass is 10.2. The molecule has 3 rings (SSSR count). The number of hydrogen-bond acceptors (Lipinski definition) is 5. The van der Waals surface area contributed by atoms with E-state index >= 15 is 0 Å². The van der Waals surface area contributed by atoms with Crippen LogP contribution in [0.2, 0.25) is 0 Å². The van der Waals surface area contributed by atoms with Crippen LogP contribution < -0.4 is 9.80 Å². The van der Waals surface area contributed by atoms with Crippen LogP contribution in [0, 0.1) is 0 Å². The molecule has 0 spiro atoms. The van der Waals surface area contributed by atoms with Crippen molar-refractivity contribution in [2.75, 3.05) is 49.1 Å². The lowest BCUT2D eigenvalue weighted by Crippen LogP contribution is -2.49. The zero-order valence-corrected chi connectivity index (χ0v) is 14.9. The molecule has 0 unspecified atom stereocenters. The zero-order chi connectivity index (χ0) is 17.6. The van der Waals surface area contributed by atoms with Gasteiger partial charge in [-0.3, -0.25) is 4.79 Å². The third-order valence-electron chi connectivity index (χ3n) is 4.65. The lowest BCUT2D eigenvalue weighted by molar-refractivity contribution is 0.0739. The second-order valence-electron chi connectivity index (χ2n) is 6.06. The number of amides is 1. The normalized spacial score (nSPS) is 14.5. The van der Waals surface area contributed by atoms with E-state index < -0.39 is 0 Å². The SMILES string of the molecule is CCN(CC)c1ccc(C(=O)N2CCN(c3ccccc3)CC2)nn1. The summed E-state index contributed by atoms with van der Waals surface area (Å²) in [6, 6.07) is 14.0. The van der Waals surface area contributed by atoms with E-state index in [2.05, 4.69) is 46.0 Å². The topological polar surface area (TPSA) is 52.6 Å². The Balaban J connectivity index is 1.61. The van der Waals surface area contributed by atoms with E-state index in [0.717, 1.165) is 32.0 Å². The molecule has 25 heavy (non-hydrogen) atoms.